The minimum absolute atomic E-state index is 0.321. The maximum atomic E-state index is 11.9. The van der Waals surface area contributed by atoms with Crippen LogP contribution in [0.2, 0.25) is 10.0 Å². The molecule has 1 rings (SSSR count). The fourth-order valence-electron chi connectivity index (χ4n) is 1.61. The van der Waals surface area contributed by atoms with Gasteiger partial charge in [0, 0.05) is 19.3 Å². The molecule has 1 atom stereocenters. The zero-order valence-corrected chi connectivity index (χ0v) is 15.6. The first kappa shape index (κ1) is 20.3. The Hall–Kier alpha value is -1.73. The van der Waals surface area contributed by atoms with Crippen LogP contribution in [0.15, 0.2) is 12.3 Å². The van der Waals surface area contributed by atoms with E-state index in [0.717, 1.165) is 0 Å². The third kappa shape index (κ3) is 7.70. The number of hydrogen-bond donors (Lipinski definition) is 3. The summed E-state index contributed by atoms with van der Waals surface area (Å²) in [6, 6.07) is 0.862. The Bertz CT molecular complexity index is 591. The van der Waals surface area contributed by atoms with Gasteiger partial charge in [0.25, 0.3) is 0 Å². The number of nitrogens with zero attached hydrogens (tertiary/aromatic N) is 1. The van der Waals surface area contributed by atoms with Crippen LogP contribution in [0, 0.1) is 0 Å². The molecule has 0 aromatic carbocycles. The van der Waals surface area contributed by atoms with Gasteiger partial charge in [0.15, 0.2) is 0 Å². The zero-order chi connectivity index (χ0) is 18.3. The summed E-state index contributed by atoms with van der Waals surface area (Å²) in [6.07, 6.45) is 0.835. The second kappa shape index (κ2) is 8.94. The van der Waals surface area contributed by atoms with Crippen LogP contribution in [-0.4, -0.2) is 41.7 Å². The second-order valence-electron chi connectivity index (χ2n) is 6.07. The Kier molecular flexibility index (Phi) is 7.57. The number of carbonyl (C=O) groups is 2. The van der Waals surface area contributed by atoms with E-state index in [4.69, 9.17) is 27.9 Å². The van der Waals surface area contributed by atoms with E-state index in [1.54, 1.807) is 33.8 Å². The normalized spacial score (nSPS) is 12.2. The quantitative estimate of drug-likeness (QED) is 0.663. The lowest BCUT2D eigenvalue weighted by atomic mass is 10.2. The number of alkyl carbamates (subject to hydrolysis) is 1. The molecule has 0 aliphatic rings. The highest BCUT2D eigenvalue weighted by atomic mass is 35.5. The Morgan fingerprint density at radius 2 is 1.96 bits per heavy atom. The van der Waals surface area contributed by atoms with E-state index in [2.05, 4.69) is 20.9 Å². The molecule has 1 aromatic heterocycles. The van der Waals surface area contributed by atoms with Gasteiger partial charge >= 0.3 is 6.09 Å². The van der Waals surface area contributed by atoms with Crippen LogP contribution >= 0.6 is 23.2 Å². The van der Waals surface area contributed by atoms with Crippen molar-refractivity contribution in [3.63, 3.8) is 0 Å². The van der Waals surface area contributed by atoms with E-state index in [0.29, 0.717) is 29.0 Å². The van der Waals surface area contributed by atoms with Gasteiger partial charge in [-0.1, -0.05) is 23.2 Å². The van der Waals surface area contributed by atoms with Crippen molar-refractivity contribution in [1.29, 1.82) is 0 Å². The number of aromatic nitrogens is 1. The average molecular weight is 377 g/mol. The van der Waals surface area contributed by atoms with Crippen molar-refractivity contribution >= 4 is 41.0 Å². The summed E-state index contributed by atoms with van der Waals surface area (Å²) < 4.78 is 5.09. The molecule has 0 saturated heterocycles. The third-order valence-corrected chi connectivity index (χ3v) is 3.15. The molecule has 0 aliphatic carbocycles. The monoisotopic (exact) mass is 376 g/mol. The van der Waals surface area contributed by atoms with Gasteiger partial charge in [0.05, 0.1) is 10.0 Å². The molecule has 0 aliphatic heterocycles. The van der Waals surface area contributed by atoms with Crippen LogP contribution in [-0.2, 0) is 9.53 Å². The predicted molar refractivity (Wildman–Crippen MR) is 94.6 cm³/mol. The summed E-state index contributed by atoms with van der Waals surface area (Å²) in [4.78, 5) is 27.5. The summed E-state index contributed by atoms with van der Waals surface area (Å²) in [5, 5.41) is 8.97. The Morgan fingerprint density at radius 1 is 1.29 bits per heavy atom. The molecule has 1 aromatic rings. The molecular weight excluding hydrogens is 355 g/mol. The van der Waals surface area contributed by atoms with E-state index in [1.165, 1.54) is 6.20 Å². The second-order valence-corrected chi connectivity index (χ2v) is 6.91. The third-order valence-electron chi connectivity index (χ3n) is 2.65. The first-order chi connectivity index (χ1) is 11.1. The van der Waals surface area contributed by atoms with Crippen molar-refractivity contribution in [2.45, 2.75) is 39.3 Å². The van der Waals surface area contributed by atoms with E-state index < -0.39 is 17.7 Å². The molecule has 0 bridgehead atoms. The molecule has 7 nitrogen and oxygen atoms in total. The van der Waals surface area contributed by atoms with Gasteiger partial charge in [-0.3, -0.25) is 4.79 Å². The van der Waals surface area contributed by atoms with E-state index >= 15 is 0 Å². The van der Waals surface area contributed by atoms with Gasteiger partial charge < -0.3 is 20.7 Å². The van der Waals surface area contributed by atoms with Crippen LogP contribution in [0.5, 0.6) is 0 Å². The van der Waals surface area contributed by atoms with Gasteiger partial charge in [0.2, 0.25) is 5.91 Å². The fraction of sp³-hybridized carbons (Fsp3) is 0.533. The van der Waals surface area contributed by atoms with Crippen molar-refractivity contribution in [2.75, 3.05) is 18.4 Å². The highest BCUT2D eigenvalue weighted by molar-refractivity contribution is 6.35. The standard InChI is InChI=1S/C15H22Cl2N4O3/c1-9(21-14(23)24-15(2,3)4)13(22)19-6-5-18-12-11(17)7-10(16)8-20-12/h7-9H,5-6H2,1-4H3,(H,18,20)(H,19,22)(H,21,23)/t9-/m1/s1. The van der Waals surface area contributed by atoms with Gasteiger partial charge in [-0.2, -0.15) is 0 Å². The average Bonchev–Trinajstić information content (AvgIpc) is 2.42. The highest BCUT2D eigenvalue weighted by Gasteiger charge is 2.20. The Labute approximate surface area is 151 Å². The largest absolute Gasteiger partial charge is 0.444 e. The topological polar surface area (TPSA) is 92.3 Å². The number of carbonyl (C=O) groups excluding carboxylic acids is 2. The van der Waals surface area contributed by atoms with Crippen molar-refractivity contribution < 1.29 is 14.3 Å². The Balaban J connectivity index is 2.31. The SMILES string of the molecule is C[C@@H](NC(=O)OC(C)(C)C)C(=O)NCCNc1ncc(Cl)cc1Cl. The van der Waals surface area contributed by atoms with Crippen molar-refractivity contribution in [3.05, 3.63) is 22.3 Å². The number of hydrogen-bond acceptors (Lipinski definition) is 5. The van der Waals surface area contributed by atoms with E-state index in [1.807, 2.05) is 0 Å². The van der Waals surface area contributed by atoms with Gasteiger partial charge in [-0.05, 0) is 33.8 Å². The molecule has 0 saturated carbocycles. The number of pyridine rings is 1. The van der Waals surface area contributed by atoms with Crippen molar-refractivity contribution in [3.8, 4) is 0 Å². The number of ether oxygens (including phenoxy) is 1. The minimum atomic E-state index is -0.711. The maximum absolute atomic E-state index is 11.9. The molecule has 1 heterocycles. The molecule has 9 heteroatoms. The van der Waals surface area contributed by atoms with Gasteiger partial charge in [0.1, 0.15) is 17.5 Å². The van der Waals surface area contributed by atoms with Crippen molar-refractivity contribution in [2.24, 2.45) is 0 Å². The molecule has 0 spiro atoms. The van der Waals surface area contributed by atoms with Crippen LogP contribution in [0.25, 0.3) is 0 Å². The molecular formula is C15H22Cl2N4O3. The van der Waals surface area contributed by atoms with Crippen molar-refractivity contribution in [1.82, 2.24) is 15.6 Å². The smallest absolute Gasteiger partial charge is 0.408 e. The predicted octanol–water partition coefficient (Wildman–Crippen LogP) is 2.83. The van der Waals surface area contributed by atoms with Gasteiger partial charge in [-0.15, -0.1) is 0 Å². The fourth-order valence-corrected chi connectivity index (χ4v) is 2.06. The molecule has 0 radical (unpaired) electrons. The first-order valence-corrected chi connectivity index (χ1v) is 8.16. The summed E-state index contributed by atoms with van der Waals surface area (Å²) in [7, 11) is 0. The van der Waals surface area contributed by atoms with E-state index in [-0.39, 0.29) is 5.91 Å². The number of halogens is 2. The zero-order valence-electron chi connectivity index (χ0n) is 14.1. The Morgan fingerprint density at radius 3 is 2.54 bits per heavy atom. The lowest BCUT2D eigenvalue weighted by Gasteiger charge is -2.21. The minimum Gasteiger partial charge on any atom is -0.444 e. The number of rotatable bonds is 6. The van der Waals surface area contributed by atoms with Gasteiger partial charge in [-0.25, -0.2) is 9.78 Å². The molecule has 0 unspecified atom stereocenters. The highest BCUT2D eigenvalue weighted by Crippen LogP contribution is 2.21. The number of anilines is 1. The molecule has 3 N–H and O–H groups in total. The summed E-state index contributed by atoms with van der Waals surface area (Å²) in [5.74, 6) is 0.160. The van der Waals surface area contributed by atoms with Crippen LogP contribution in [0.4, 0.5) is 10.6 Å². The van der Waals surface area contributed by atoms with E-state index in [9.17, 15) is 9.59 Å². The lowest BCUT2D eigenvalue weighted by molar-refractivity contribution is -0.122. The molecule has 24 heavy (non-hydrogen) atoms. The number of amides is 2. The maximum Gasteiger partial charge on any atom is 0.408 e. The van der Waals surface area contributed by atoms with Crippen LogP contribution in [0.1, 0.15) is 27.7 Å². The summed E-state index contributed by atoms with van der Waals surface area (Å²) in [6.45, 7) is 7.57. The number of nitrogens with one attached hydrogen (secondary N) is 3. The summed E-state index contributed by atoms with van der Waals surface area (Å²) >= 11 is 11.7. The first-order valence-electron chi connectivity index (χ1n) is 7.40. The molecule has 0 fully saturated rings. The summed E-state index contributed by atoms with van der Waals surface area (Å²) in [5.41, 5.74) is -0.616. The molecule has 134 valence electrons. The van der Waals surface area contributed by atoms with Crippen LogP contribution < -0.4 is 16.0 Å². The molecule has 2 amide bonds. The van der Waals surface area contributed by atoms with Crippen LogP contribution in [0.3, 0.4) is 0 Å². The lowest BCUT2D eigenvalue weighted by Crippen LogP contribution is -2.47.